The lowest BCUT2D eigenvalue weighted by molar-refractivity contribution is 0.572. The summed E-state index contributed by atoms with van der Waals surface area (Å²) in [7, 11) is 0. The first-order valence-corrected chi connectivity index (χ1v) is 10.2. The van der Waals surface area contributed by atoms with Gasteiger partial charge >= 0.3 is 0 Å². The molecule has 5 heteroatoms. The largest absolute Gasteiger partial charge is 0.356 e. The minimum Gasteiger partial charge on any atom is -0.356 e. The number of rotatable bonds is 4. The average Bonchev–Trinajstić information content (AvgIpc) is 3.27. The summed E-state index contributed by atoms with van der Waals surface area (Å²) in [5.41, 5.74) is 4.16. The number of hydrogen-bond acceptors (Lipinski definition) is 4. The molecule has 0 amide bonds. The van der Waals surface area contributed by atoms with E-state index in [9.17, 15) is 0 Å². The molecule has 1 aliphatic rings. The lowest BCUT2D eigenvalue weighted by Crippen LogP contribution is -2.30. The van der Waals surface area contributed by atoms with E-state index in [1.165, 1.54) is 19.3 Å². The van der Waals surface area contributed by atoms with Crippen LogP contribution in [0.25, 0.3) is 28.3 Å². The first-order valence-electron chi connectivity index (χ1n) is 10.2. The fraction of sp³-hybridized carbons (Fsp3) is 0.208. The maximum Gasteiger partial charge on any atom is 0.159 e. The Morgan fingerprint density at radius 3 is 2.03 bits per heavy atom. The van der Waals surface area contributed by atoms with Gasteiger partial charge in [0, 0.05) is 30.3 Å². The maximum atomic E-state index is 4.92. The van der Waals surface area contributed by atoms with Gasteiger partial charge in [0.25, 0.3) is 0 Å². The third-order valence-electron chi connectivity index (χ3n) is 5.38. The molecule has 2 aromatic carbocycles. The third kappa shape index (κ3) is 3.63. The molecular formula is C24H23N5. The van der Waals surface area contributed by atoms with Gasteiger partial charge in [0.2, 0.25) is 0 Å². The molecule has 0 saturated carbocycles. The SMILES string of the molecule is c1ccc(-c2cc(-c3ccccc3)n(-c3cc(N4CCCCC4)ncn3)n2)cc1. The molecule has 2 aromatic heterocycles. The summed E-state index contributed by atoms with van der Waals surface area (Å²) in [6.07, 6.45) is 5.38. The van der Waals surface area contributed by atoms with Gasteiger partial charge in [0.05, 0.1) is 11.4 Å². The van der Waals surface area contributed by atoms with Crippen molar-refractivity contribution in [1.29, 1.82) is 0 Å². The van der Waals surface area contributed by atoms with Crippen LogP contribution in [0.2, 0.25) is 0 Å². The number of hydrogen-bond donors (Lipinski definition) is 0. The van der Waals surface area contributed by atoms with Crippen LogP contribution >= 0.6 is 0 Å². The quantitative estimate of drug-likeness (QED) is 0.500. The minimum atomic E-state index is 0.793. The molecule has 4 aromatic rings. The van der Waals surface area contributed by atoms with E-state index in [0.29, 0.717) is 0 Å². The van der Waals surface area contributed by atoms with Gasteiger partial charge in [-0.1, -0.05) is 60.7 Å². The molecule has 144 valence electrons. The van der Waals surface area contributed by atoms with Gasteiger partial charge in [0.1, 0.15) is 12.1 Å². The van der Waals surface area contributed by atoms with E-state index in [2.05, 4.69) is 51.3 Å². The van der Waals surface area contributed by atoms with Gasteiger partial charge in [-0.05, 0) is 25.3 Å². The zero-order chi connectivity index (χ0) is 19.5. The smallest absolute Gasteiger partial charge is 0.159 e. The molecule has 5 nitrogen and oxygen atoms in total. The Morgan fingerprint density at radius 1 is 0.655 bits per heavy atom. The first-order chi connectivity index (χ1) is 14.4. The van der Waals surface area contributed by atoms with Crippen LogP contribution in [0, 0.1) is 0 Å². The van der Waals surface area contributed by atoms with Crippen molar-refractivity contribution in [1.82, 2.24) is 19.7 Å². The Bertz CT molecular complexity index is 1080. The maximum absolute atomic E-state index is 4.92. The van der Waals surface area contributed by atoms with E-state index < -0.39 is 0 Å². The van der Waals surface area contributed by atoms with Crippen molar-refractivity contribution in [2.75, 3.05) is 18.0 Å². The second-order valence-corrected chi connectivity index (χ2v) is 7.34. The highest BCUT2D eigenvalue weighted by Crippen LogP contribution is 2.29. The summed E-state index contributed by atoms with van der Waals surface area (Å²) in [5.74, 6) is 1.77. The van der Waals surface area contributed by atoms with Crippen LogP contribution in [0.1, 0.15) is 19.3 Å². The van der Waals surface area contributed by atoms with E-state index in [4.69, 9.17) is 5.10 Å². The van der Waals surface area contributed by atoms with Crippen molar-refractivity contribution in [3.63, 3.8) is 0 Å². The van der Waals surface area contributed by atoms with E-state index >= 15 is 0 Å². The highest BCUT2D eigenvalue weighted by Gasteiger charge is 2.17. The zero-order valence-corrected chi connectivity index (χ0v) is 16.3. The van der Waals surface area contributed by atoms with Crippen LogP contribution in [-0.2, 0) is 0 Å². The van der Waals surface area contributed by atoms with Crippen LogP contribution in [0.4, 0.5) is 5.82 Å². The molecule has 0 atom stereocenters. The first kappa shape index (κ1) is 17.6. The molecule has 0 bridgehead atoms. The molecular weight excluding hydrogens is 358 g/mol. The minimum absolute atomic E-state index is 0.793. The van der Waals surface area contributed by atoms with Gasteiger partial charge in [-0.25, -0.2) is 14.6 Å². The lowest BCUT2D eigenvalue weighted by atomic mass is 10.1. The van der Waals surface area contributed by atoms with Gasteiger partial charge < -0.3 is 4.90 Å². The Morgan fingerprint density at radius 2 is 1.31 bits per heavy atom. The van der Waals surface area contributed by atoms with Crippen molar-refractivity contribution in [2.45, 2.75) is 19.3 Å². The topological polar surface area (TPSA) is 46.8 Å². The molecule has 1 saturated heterocycles. The highest BCUT2D eigenvalue weighted by atomic mass is 15.3. The summed E-state index contributed by atoms with van der Waals surface area (Å²) >= 11 is 0. The van der Waals surface area contributed by atoms with Crippen molar-refractivity contribution in [3.8, 4) is 28.3 Å². The average molecular weight is 381 g/mol. The predicted molar refractivity (Wildman–Crippen MR) is 116 cm³/mol. The molecule has 1 fully saturated rings. The van der Waals surface area contributed by atoms with Crippen molar-refractivity contribution >= 4 is 5.82 Å². The molecule has 0 unspecified atom stereocenters. The molecule has 0 aliphatic carbocycles. The molecule has 5 rings (SSSR count). The van der Waals surface area contributed by atoms with E-state index in [1.807, 2.05) is 41.1 Å². The lowest BCUT2D eigenvalue weighted by Gasteiger charge is -2.27. The van der Waals surface area contributed by atoms with Gasteiger partial charge in [-0.3, -0.25) is 0 Å². The van der Waals surface area contributed by atoms with Crippen molar-refractivity contribution in [3.05, 3.63) is 79.1 Å². The van der Waals surface area contributed by atoms with Crippen molar-refractivity contribution in [2.24, 2.45) is 0 Å². The molecule has 1 aliphatic heterocycles. The molecule has 0 spiro atoms. The van der Waals surface area contributed by atoms with Gasteiger partial charge in [0.15, 0.2) is 5.82 Å². The summed E-state index contributed by atoms with van der Waals surface area (Å²) < 4.78 is 1.94. The fourth-order valence-electron chi connectivity index (χ4n) is 3.87. The monoisotopic (exact) mass is 381 g/mol. The fourth-order valence-corrected chi connectivity index (χ4v) is 3.87. The van der Waals surface area contributed by atoms with Gasteiger partial charge in [-0.15, -0.1) is 0 Å². The third-order valence-corrected chi connectivity index (χ3v) is 5.38. The Kier molecular flexibility index (Phi) is 4.78. The predicted octanol–water partition coefficient (Wildman–Crippen LogP) is 4.99. The number of aromatic nitrogens is 4. The van der Waals surface area contributed by atoms with Crippen LogP contribution in [0.5, 0.6) is 0 Å². The number of benzene rings is 2. The second kappa shape index (κ2) is 7.87. The van der Waals surface area contributed by atoms with E-state index in [0.717, 1.165) is 47.2 Å². The van der Waals surface area contributed by atoms with Crippen LogP contribution in [0.15, 0.2) is 79.1 Å². The standard InChI is InChI=1S/C24H23N5/c1-4-10-19(11-5-1)21-16-22(20-12-6-2-7-13-20)29(27-21)24-17-23(25-18-26-24)28-14-8-3-9-15-28/h1-2,4-7,10-13,16-18H,3,8-9,14-15H2. The van der Waals surface area contributed by atoms with Crippen LogP contribution in [-0.4, -0.2) is 32.8 Å². The molecule has 29 heavy (non-hydrogen) atoms. The van der Waals surface area contributed by atoms with Crippen molar-refractivity contribution < 1.29 is 0 Å². The van der Waals surface area contributed by atoms with E-state index in [1.54, 1.807) is 6.33 Å². The number of anilines is 1. The summed E-state index contributed by atoms with van der Waals surface area (Å²) in [5, 5.41) is 4.92. The van der Waals surface area contributed by atoms with Crippen LogP contribution in [0.3, 0.4) is 0 Å². The number of nitrogens with zero attached hydrogens (tertiary/aromatic N) is 5. The summed E-state index contributed by atoms with van der Waals surface area (Å²) in [6, 6.07) is 24.8. The van der Waals surface area contributed by atoms with Gasteiger partial charge in [-0.2, -0.15) is 5.10 Å². The molecule has 0 radical (unpaired) electrons. The molecule has 3 heterocycles. The molecule has 0 N–H and O–H groups in total. The second-order valence-electron chi connectivity index (χ2n) is 7.34. The Balaban J connectivity index is 1.61. The normalized spacial score (nSPS) is 14.1. The Hall–Kier alpha value is -3.47. The van der Waals surface area contributed by atoms with Crippen LogP contribution < -0.4 is 4.90 Å². The Labute approximate surface area is 170 Å². The summed E-state index contributed by atoms with van der Waals surface area (Å²) in [6.45, 7) is 2.10. The highest BCUT2D eigenvalue weighted by molar-refractivity contribution is 5.70. The van der Waals surface area contributed by atoms with E-state index in [-0.39, 0.29) is 0 Å². The summed E-state index contributed by atoms with van der Waals surface area (Å²) in [4.78, 5) is 11.4. The zero-order valence-electron chi connectivity index (χ0n) is 16.3. The number of piperidine rings is 1.